The molecular formula is C11H19N3. The number of anilines is 1. The summed E-state index contributed by atoms with van der Waals surface area (Å²) in [4.78, 5) is 0. The molecule has 78 valence electrons. The maximum absolute atomic E-state index is 4.16. The van der Waals surface area contributed by atoms with Gasteiger partial charge >= 0.3 is 0 Å². The van der Waals surface area contributed by atoms with Crippen LogP contribution in [0, 0.1) is 5.92 Å². The highest BCUT2D eigenvalue weighted by Crippen LogP contribution is 2.26. The Morgan fingerprint density at radius 1 is 1.43 bits per heavy atom. The van der Waals surface area contributed by atoms with Crippen molar-refractivity contribution in [1.29, 1.82) is 0 Å². The van der Waals surface area contributed by atoms with E-state index in [1.807, 2.05) is 24.1 Å². The summed E-state index contributed by atoms with van der Waals surface area (Å²) >= 11 is 0. The van der Waals surface area contributed by atoms with Gasteiger partial charge in [0.05, 0.1) is 11.9 Å². The lowest BCUT2D eigenvalue weighted by atomic mass is 9.86. The fraction of sp³-hybridized carbons (Fsp3) is 0.727. The van der Waals surface area contributed by atoms with Crippen molar-refractivity contribution < 1.29 is 0 Å². The third kappa shape index (κ3) is 2.08. The molecule has 1 aliphatic carbocycles. The first-order chi connectivity index (χ1) is 6.75. The lowest BCUT2D eigenvalue weighted by Crippen LogP contribution is -2.30. The quantitative estimate of drug-likeness (QED) is 0.781. The third-order valence-electron chi connectivity index (χ3n) is 3.17. The molecule has 0 aromatic carbocycles. The molecule has 1 saturated carbocycles. The van der Waals surface area contributed by atoms with E-state index in [-0.39, 0.29) is 0 Å². The van der Waals surface area contributed by atoms with Crippen LogP contribution in [0.4, 0.5) is 5.69 Å². The monoisotopic (exact) mass is 193 g/mol. The van der Waals surface area contributed by atoms with Crippen LogP contribution < -0.4 is 5.32 Å². The van der Waals surface area contributed by atoms with Gasteiger partial charge in [-0.3, -0.25) is 4.68 Å². The maximum Gasteiger partial charge on any atom is 0.0728 e. The fourth-order valence-corrected chi connectivity index (χ4v) is 2.24. The minimum absolute atomic E-state index is 0.646. The van der Waals surface area contributed by atoms with Crippen LogP contribution in [0.25, 0.3) is 0 Å². The second-order valence-corrected chi connectivity index (χ2v) is 4.42. The smallest absolute Gasteiger partial charge is 0.0728 e. The third-order valence-corrected chi connectivity index (χ3v) is 3.17. The van der Waals surface area contributed by atoms with E-state index in [4.69, 9.17) is 0 Å². The second-order valence-electron chi connectivity index (χ2n) is 4.42. The zero-order valence-electron chi connectivity index (χ0n) is 9.03. The van der Waals surface area contributed by atoms with Gasteiger partial charge in [-0.1, -0.05) is 19.8 Å². The number of hydrogen-bond acceptors (Lipinski definition) is 2. The molecule has 1 aromatic rings. The molecule has 0 aliphatic heterocycles. The molecule has 1 N–H and O–H groups in total. The molecule has 1 aromatic heterocycles. The summed E-state index contributed by atoms with van der Waals surface area (Å²) in [5, 5.41) is 7.73. The van der Waals surface area contributed by atoms with Crippen molar-refractivity contribution in [2.24, 2.45) is 13.0 Å². The summed E-state index contributed by atoms with van der Waals surface area (Å²) in [5.74, 6) is 0.795. The van der Waals surface area contributed by atoms with Gasteiger partial charge in [0, 0.05) is 19.3 Å². The first kappa shape index (κ1) is 9.56. The molecule has 0 saturated heterocycles. The molecule has 1 aliphatic rings. The Hall–Kier alpha value is -0.990. The van der Waals surface area contributed by atoms with Gasteiger partial charge in [-0.25, -0.2) is 0 Å². The van der Waals surface area contributed by atoms with Crippen molar-refractivity contribution in [2.75, 3.05) is 5.32 Å². The molecule has 0 unspecified atom stereocenters. The molecule has 1 fully saturated rings. The summed E-state index contributed by atoms with van der Waals surface area (Å²) < 4.78 is 1.84. The Morgan fingerprint density at radius 3 is 2.86 bits per heavy atom. The van der Waals surface area contributed by atoms with Crippen LogP contribution in [0.3, 0.4) is 0 Å². The van der Waals surface area contributed by atoms with E-state index in [9.17, 15) is 0 Å². The topological polar surface area (TPSA) is 29.9 Å². The molecule has 14 heavy (non-hydrogen) atoms. The lowest BCUT2D eigenvalue weighted by Gasteiger charge is -2.29. The molecule has 2 rings (SSSR count). The van der Waals surface area contributed by atoms with E-state index in [2.05, 4.69) is 17.3 Å². The summed E-state index contributed by atoms with van der Waals surface area (Å²) in [6.45, 7) is 2.34. The molecular weight excluding hydrogens is 174 g/mol. The zero-order chi connectivity index (χ0) is 9.97. The van der Waals surface area contributed by atoms with Crippen molar-refractivity contribution in [3.8, 4) is 0 Å². The Balaban J connectivity index is 1.95. The average Bonchev–Trinajstić information content (AvgIpc) is 2.56. The van der Waals surface area contributed by atoms with Gasteiger partial charge < -0.3 is 5.32 Å². The molecule has 0 radical (unpaired) electrons. The first-order valence-corrected chi connectivity index (χ1v) is 5.51. The number of rotatable bonds is 2. The Kier molecular flexibility index (Phi) is 2.75. The largest absolute Gasteiger partial charge is 0.380 e. The highest BCUT2D eigenvalue weighted by Gasteiger charge is 2.20. The summed E-state index contributed by atoms with van der Waals surface area (Å²) in [5.41, 5.74) is 1.16. The van der Waals surface area contributed by atoms with Crippen LogP contribution in [0.5, 0.6) is 0 Å². The van der Waals surface area contributed by atoms with Crippen LogP contribution in [0.2, 0.25) is 0 Å². The molecule has 0 amide bonds. The van der Waals surface area contributed by atoms with Crippen LogP contribution >= 0.6 is 0 Å². The predicted octanol–water partition coefficient (Wildman–Crippen LogP) is 2.41. The Labute approximate surface area is 85.5 Å². The van der Waals surface area contributed by atoms with Crippen molar-refractivity contribution in [2.45, 2.75) is 38.6 Å². The lowest BCUT2D eigenvalue weighted by molar-refractivity contribution is 0.349. The van der Waals surface area contributed by atoms with E-state index in [1.165, 1.54) is 25.7 Å². The van der Waals surface area contributed by atoms with Gasteiger partial charge in [-0.2, -0.15) is 5.10 Å². The standard InChI is InChI=1S/C11H19N3/c1-9-5-3-4-6-11(9)13-10-7-12-14(2)8-10/h7-9,11,13H,3-6H2,1-2H3/t9-,11+/m1/s1. The average molecular weight is 193 g/mol. The van der Waals surface area contributed by atoms with Gasteiger partial charge in [-0.15, -0.1) is 0 Å². The highest BCUT2D eigenvalue weighted by molar-refractivity contribution is 5.39. The maximum atomic E-state index is 4.16. The van der Waals surface area contributed by atoms with E-state index in [1.54, 1.807) is 0 Å². The van der Waals surface area contributed by atoms with Gasteiger partial charge in [0.1, 0.15) is 0 Å². The molecule has 0 bridgehead atoms. The number of nitrogens with one attached hydrogen (secondary N) is 1. The van der Waals surface area contributed by atoms with Crippen LogP contribution in [-0.4, -0.2) is 15.8 Å². The molecule has 2 atom stereocenters. The minimum atomic E-state index is 0.646. The van der Waals surface area contributed by atoms with Crippen LogP contribution in [-0.2, 0) is 7.05 Å². The van der Waals surface area contributed by atoms with E-state index in [0.29, 0.717) is 6.04 Å². The van der Waals surface area contributed by atoms with Crippen molar-refractivity contribution in [3.63, 3.8) is 0 Å². The predicted molar refractivity (Wildman–Crippen MR) is 58.3 cm³/mol. The number of aryl methyl sites for hydroxylation is 1. The zero-order valence-corrected chi connectivity index (χ0v) is 9.03. The number of aromatic nitrogens is 2. The van der Waals surface area contributed by atoms with Gasteiger partial charge in [0.2, 0.25) is 0 Å². The van der Waals surface area contributed by atoms with E-state index < -0.39 is 0 Å². The molecule has 1 heterocycles. The van der Waals surface area contributed by atoms with E-state index >= 15 is 0 Å². The number of hydrogen-bond donors (Lipinski definition) is 1. The summed E-state index contributed by atoms with van der Waals surface area (Å²) in [6, 6.07) is 0.646. The van der Waals surface area contributed by atoms with Gasteiger partial charge in [0.25, 0.3) is 0 Å². The van der Waals surface area contributed by atoms with Gasteiger partial charge in [0.15, 0.2) is 0 Å². The second kappa shape index (κ2) is 4.03. The SMILES string of the molecule is C[C@@H]1CCCC[C@@H]1Nc1cnn(C)c1. The van der Waals surface area contributed by atoms with Crippen LogP contribution in [0.1, 0.15) is 32.6 Å². The minimum Gasteiger partial charge on any atom is -0.380 e. The van der Waals surface area contributed by atoms with E-state index in [0.717, 1.165) is 11.6 Å². The molecule has 3 nitrogen and oxygen atoms in total. The normalized spacial score (nSPS) is 27.6. The Morgan fingerprint density at radius 2 is 2.21 bits per heavy atom. The van der Waals surface area contributed by atoms with Crippen molar-refractivity contribution in [1.82, 2.24) is 9.78 Å². The van der Waals surface area contributed by atoms with Crippen molar-refractivity contribution in [3.05, 3.63) is 12.4 Å². The molecule has 0 spiro atoms. The summed E-state index contributed by atoms with van der Waals surface area (Å²) in [7, 11) is 1.95. The number of nitrogens with zero attached hydrogens (tertiary/aromatic N) is 2. The highest BCUT2D eigenvalue weighted by atomic mass is 15.3. The van der Waals surface area contributed by atoms with Crippen LogP contribution in [0.15, 0.2) is 12.4 Å². The Bertz CT molecular complexity index is 292. The first-order valence-electron chi connectivity index (χ1n) is 5.51. The summed E-state index contributed by atoms with van der Waals surface area (Å²) in [6.07, 6.45) is 9.37. The van der Waals surface area contributed by atoms with Crippen molar-refractivity contribution >= 4 is 5.69 Å². The fourth-order valence-electron chi connectivity index (χ4n) is 2.24. The van der Waals surface area contributed by atoms with Gasteiger partial charge in [-0.05, 0) is 18.8 Å². The molecule has 3 heteroatoms.